The van der Waals surface area contributed by atoms with Crippen LogP contribution >= 0.6 is 19.4 Å². The van der Waals surface area contributed by atoms with Gasteiger partial charge in [0.2, 0.25) is 0 Å². The summed E-state index contributed by atoms with van der Waals surface area (Å²) < 4.78 is 21.7. The molecule has 1 saturated heterocycles. The fourth-order valence-electron chi connectivity index (χ4n) is 1.28. The van der Waals surface area contributed by atoms with E-state index in [9.17, 15) is 4.57 Å². The Morgan fingerprint density at radius 1 is 1.33 bits per heavy atom. The van der Waals surface area contributed by atoms with Gasteiger partial charge in [-0.1, -0.05) is 6.42 Å². The van der Waals surface area contributed by atoms with Gasteiger partial charge in [-0.05, 0) is 18.6 Å². The minimum atomic E-state index is -2.79. The first-order valence-corrected chi connectivity index (χ1v) is 6.72. The molecule has 0 N–H and O–H groups in total. The van der Waals surface area contributed by atoms with E-state index in [0.29, 0.717) is 0 Å². The van der Waals surface area contributed by atoms with Crippen LogP contribution < -0.4 is 0 Å². The Bertz CT molecular complexity index is 171. The van der Waals surface area contributed by atoms with Gasteiger partial charge in [-0.3, -0.25) is 4.57 Å². The summed E-state index contributed by atoms with van der Waals surface area (Å²) in [4.78, 5) is 0.0567. The maximum absolute atomic E-state index is 11.8. The molecule has 1 rings (SSSR count). The molecule has 1 heterocycles. The summed E-state index contributed by atoms with van der Waals surface area (Å²) in [5, 5.41) is 0. The third kappa shape index (κ3) is 2.25. The van der Waals surface area contributed by atoms with Gasteiger partial charge in [-0.2, -0.15) is 0 Å². The monoisotopic (exact) mass is 210 g/mol. The first kappa shape index (κ1) is 10.6. The van der Waals surface area contributed by atoms with Crippen molar-refractivity contribution in [2.24, 2.45) is 0 Å². The zero-order valence-corrected chi connectivity index (χ0v) is 9.20. The van der Waals surface area contributed by atoms with Gasteiger partial charge in [-0.15, -0.1) is 11.8 Å². The van der Waals surface area contributed by atoms with E-state index in [1.165, 1.54) is 20.6 Å². The number of hydrogen-bond donors (Lipinski definition) is 0. The van der Waals surface area contributed by atoms with Gasteiger partial charge in [0.25, 0.3) is 0 Å². The van der Waals surface area contributed by atoms with Crippen molar-refractivity contribution in [1.82, 2.24) is 0 Å². The van der Waals surface area contributed by atoms with Crippen LogP contribution in [0.2, 0.25) is 0 Å². The van der Waals surface area contributed by atoms with Gasteiger partial charge in [0.1, 0.15) is 4.99 Å². The summed E-state index contributed by atoms with van der Waals surface area (Å²) in [6.07, 6.45) is 3.30. The van der Waals surface area contributed by atoms with Crippen LogP contribution in [0, 0.1) is 0 Å². The molecule has 1 aliphatic heterocycles. The van der Waals surface area contributed by atoms with E-state index in [1.807, 2.05) is 0 Å². The van der Waals surface area contributed by atoms with Crippen LogP contribution in [-0.2, 0) is 13.6 Å². The lowest BCUT2D eigenvalue weighted by atomic mass is 10.3. The van der Waals surface area contributed by atoms with Crippen molar-refractivity contribution in [2.45, 2.75) is 24.3 Å². The Labute approximate surface area is 77.7 Å². The average molecular weight is 210 g/mol. The smallest absolute Gasteiger partial charge is 0.311 e. The molecular formula is C7H15O3PS. The lowest BCUT2D eigenvalue weighted by molar-refractivity contribution is 0.271. The molecule has 12 heavy (non-hydrogen) atoms. The topological polar surface area (TPSA) is 35.5 Å². The Kier molecular flexibility index (Phi) is 4.11. The van der Waals surface area contributed by atoms with E-state index in [4.69, 9.17) is 9.05 Å². The molecule has 0 saturated carbocycles. The van der Waals surface area contributed by atoms with E-state index in [2.05, 4.69) is 0 Å². The highest BCUT2D eigenvalue weighted by molar-refractivity contribution is 8.05. The molecule has 72 valence electrons. The van der Waals surface area contributed by atoms with E-state index in [1.54, 1.807) is 11.8 Å². The van der Waals surface area contributed by atoms with Gasteiger partial charge in [-0.25, -0.2) is 0 Å². The van der Waals surface area contributed by atoms with Gasteiger partial charge in [0, 0.05) is 14.2 Å². The fraction of sp³-hybridized carbons (Fsp3) is 1.00. The summed E-state index contributed by atoms with van der Waals surface area (Å²) in [7, 11) is 0.122. The third-order valence-electron chi connectivity index (χ3n) is 2.02. The van der Waals surface area contributed by atoms with Crippen LogP contribution in [-0.4, -0.2) is 25.0 Å². The van der Waals surface area contributed by atoms with E-state index in [0.717, 1.165) is 18.6 Å². The molecule has 1 aliphatic rings. The minimum Gasteiger partial charge on any atom is -0.311 e. The van der Waals surface area contributed by atoms with Crippen molar-refractivity contribution in [3.63, 3.8) is 0 Å². The van der Waals surface area contributed by atoms with Crippen LogP contribution in [0.1, 0.15) is 19.3 Å². The molecule has 0 aliphatic carbocycles. The number of rotatable bonds is 3. The normalized spacial score (nSPS) is 25.7. The Hall–Kier alpha value is 0.500. The molecule has 1 unspecified atom stereocenters. The summed E-state index contributed by atoms with van der Waals surface area (Å²) in [5.41, 5.74) is 0. The van der Waals surface area contributed by atoms with Gasteiger partial charge >= 0.3 is 7.60 Å². The van der Waals surface area contributed by atoms with Crippen LogP contribution in [0.4, 0.5) is 0 Å². The Morgan fingerprint density at radius 2 is 2.00 bits per heavy atom. The van der Waals surface area contributed by atoms with E-state index in [-0.39, 0.29) is 4.99 Å². The first-order chi connectivity index (χ1) is 5.73. The second-order valence-corrected chi connectivity index (χ2v) is 6.82. The molecule has 0 aromatic carbocycles. The lowest BCUT2D eigenvalue weighted by Gasteiger charge is -2.26. The van der Waals surface area contributed by atoms with Crippen molar-refractivity contribution in [3.05, 3.63) is 0 Å². The summed E-state index contributed by atoms with van der Waals surface area (Å²) >= 11 is 1.71. The highest BCUT2D eigenvalue weighted by Crippen LogP contribution is 2.58. The van der Waals surface area contributed by atoms with Crippen LogP contribution in [0.15, 0.2) is 0 Å². The molecule has 0 amide bonds. The second kappa shape index (κ2) is 4.66. The molecular weight excluding hydrogens is 195 g/mol. The summed E-state index contributed by atoms with van der Waals surface area (Å²) in [5.74, 6) is 1.07. The molecule has 0 spiro atoms. The zero-order chi connectivity index (χ0) is 9.03. The molecule has 3 nitrogen and oxygen atoms in total. The summed E-state index contributed by atoms with van der Waals surface area (Å²) in [6, 6.07) is 0. The molecule has 0 aromatic rings. The molecule has 1 atom stereocenters. The number of hydrogen-bond acceptors (Lipinski definition) is 4. The fourth-order valence-corrected chi connectivity index (χ4v) is 4.94. The predicted molar refractivity (Wildman–Crippen MR) is 51.7 cm³/mol. The van der Waals surface area contributed by atoms with Gasteiger partial charge in [0.15, 0.2) is 0 Å². The Morgan fingerprint density at radius 3 is 2.42 bits per heavy atom. The highest BCUT2D eigenvalue weighted by atomic mass is 32.2. The van der Waals surface area contributed by atoms with Gasteiger partial charge in [0.05, 0.1) is 0 Å². The zero-order valence-electron chi connectivity index (χ0n) is 7.49. The van der Waals surface area contributed by atoms with Crippen molar-refractivity contribution < 1.29 is 13.6 Å². The van der Waals surface area contributed by atoms with Crippen molar-refractivity contribution in [1.29, 1.82) is 0 Å². The maximum Gasteiger partial charge on any atom is 0.342 e. The molecule has 5 heteroatoms. The van der Waals surface area contributed by atoms with Crippen molar-refractivity contribution in [3.8, 4) is 0 Å². The molecule has 0 radical (unpaired) electrons. The predicted octanol–water partition coefficient (Wildman–Crippen LogP) is 2.72. The first-order valence-electron chi connectivity index (χ1n) is 4.06. The van der Waals surface area contributed by atoms with Crippen molar-refractivity contribution in [2.75, 3.05) is 20.0 Å². The minimum absolute atomic E-state index is 0.0567. The highest BCUT2D eigenvalue weighted by Gasteiger charge is 2.35. The largest absolute Gasteiger partial charge is 0.342 e. The van der Waals surface area contributed by atoms with Gasteiger partial charge < -0.3 is 9.05 Å². The number of thioether (sulfide) groups is 1. The molecule has 0 aromatic heterocycles. The van der Waals surface area contributed by atoms with E-state index < -0.39 is 7.60 Å². The SMILES string of the molecule is COP(=O)(OC)C1CCCCS1. The quantitative estimate of drug-likeness (QED) is 0.671. The third-order valence-corrected chi connectivity index (χ3v) is 6.37. The molecule has 0 bridgehead atoms. The summed E-state index contributed by atoms with van der Waals surface area (Å²) in [6.45, 7) is 0. The lowest BCUT2D eigenvalue weighted by Crippen LogP contribution is -2.12. The second-order valence-electron chi connectivity index (χ2n) is 2.73. The van der Waals surface area contributed by atoms with Crippen LogP contribution in [0.5, 0.6) is 0 Å². The van der Waals surface area contributed by atoms with E-state index >= 15 is 0 Å². The molecule has 1 fully saturated rings. The average Bonchev–Trinajstić information content (AvgIpc) is 2.18. The van der Waals surface area contributed by atoms with Crippen molar-refractivity contribution >= 4 is 19.4 Å². The van der Waals surface area contributed by atoms with Crippen LogP contribution in [0.3, 0.4) is 0 Å². The Balaban J connectivity index is 2.58. The standard InChI is InChI=1S/C7H15O3PS/c1-9-11(8,10-2)7-5-3-4-6-12-7/h7H,3-6H2,1-2H3. The van der Waals surface area contributed by atoms with Crippen LogP contribution in [0.25, 0.3) is 0 Å². The maximum atomic E-state index is 11.8.